The number of oxime groups is 1. The summed E-state index contributed by atoms with van der Waals surface area (Å²) in [6.45, 7) is 1.70. The number of fused-ring (bicyclic) bond motifs is 1. The fourth-order valence-corrected chi connectivity index (χ4v) is 7.30. The van der Waals surface area contributed by atoms with Gasteiger partial charge in [0, 0.05) is 38.5 Å². The van der Waals surface area contributed by atoms with Gasteiger partial charge in [-0.15, -0.1) is 11.3 Å². The first kappa shape index (κ1) is 29.0. The van der Waals surface area contributed by atoms with Gasteiger partial charge < -0.3 is 15.5 Å². The molecule has 2 heterocycles. The summed E-state index contributed by atoms with van der Waals surface area (Å²) < 4.78 is 43.2. The highest BCUT2D eigenvalue weighted by Gasteiger charge is 2.62. The number of nitrogens with zero attached hydrogens (tertiary/aromatic N) is 1. The molecule has 6 nitrogen and oxygen atoms in total. The molecule has 6 rings (SSSR count). The van der Waals surface area contributed by atoms with Crippen LogP contribution in [0, 0.1) is 6.92 Å². The van der Waals surface area contributed by atoms with Crippen LogP contribution in [0.3, 0.4) is 0 Å². The highest BCUT2D eigenvalue weighted by molar-refractivity contribution is 7.17. The van der Waals surface area contributed by atoms with E-state index >= 15 is 0 Å². The normalized spacial score (nSPS) is 20.0. The summed E-state index contributed by atoms with van der Waals surface area (Å²) in [5.41, 5.74) is -0.111. The lowest BCUT2D eigenvalue weighted by molar-refractivity contribution is -0.275. The van der Waals surface area contributed by atoms with Gasteiger partial charge in [0.25, 0.3) is 17.4 Å². The highest BCUT2D eigenvalue weighted by Crippen LogP contribution is 2.50. The molecule has 2 aromatic carbocycles. The van der Waals surface area contributed by atoms with Crippen molar-refractivity contribution in [3.8, 4) is 0 Å². The van der Waals surface area contributed by atoms with E-state index in [0.717, 1.165) is 49.0 Å². The minimum atomic E-state index is -4.81. The van der Waals surface area contributed by atoms with E-state index in [1.165, 1.54) is 29.5 Å². The van der Waals surface area contributed by atoms with Crippen LogP contribution >= 0.6 is 34.5 Å². The predicted molar refractivity (Wildman–Crippen MR) is 157 cm³/mol. The Labute approximate surface area is 254 Å². The Balaban J connectivity index is 1.25. The van der Waals surface area contributed by atoms with Crippen molar-refractivity contribution in [3.05, 3.63) is 84.7 Å². The molecule has 0 spiro atoms. The molecule has 1 atom stereocenters. The van der Waals surface area contributed by atoms with E-state index in [2.05, 4.69) is 15.8 Å². The largest absolute Gasteiger partial charge is 0.435 e. The van der Waals surface area contributed by atoms with Crippen LogP contribution < -0.4 is 10.6 Å². The Bertz CT molecular complexity index is 1610. The number of carbonyl (C=O) groups excluding carboxylic acids is 2. The molecule has 12 heteroatoms. The van der Waals surface area contributed by atoms with Crippen LogP contribution in [0.15, 0.2) is 41.6 Å². The van der Waals surface area contributed by atoms with Gasteiger partial charge in [-0.2, -0.15) is 13.2 Å². The van der Waals surface area contributed by atoms with Crippen LogP contribution in [0.4, 0.5) is 18.2 Å². The van der Waals surface area contributed by atoms with Crippen LogP contribution in [0.2, 0.25) is 10.0 Å². The summed E-state index contributed by atoms with van der Waals surface area (Å²) in [5, 5.41) is 10.4. The summed E-state index contributed by atoms with van der Waals surface area (Å²) >= 11 is 13.4. The Kier molecular flexibility index (Phi) is 7.52. The number of amides is 2. The number of nitrogens with one attached hydrogen (secondary N) is 2. The van der Waals surface area contributed by atoms with Crippen molar-refractivity contribution in [1.82, 2.24) is 5.32 Å². The Morgan fingerprint density at radius 2 is 1.76 bits per heavy atom. The third-order valence-electron chi connectivity index (χ3n) is 7.86. The van der Waals surface area contributed by atoms with Crippen molar-refractivity contribution in [2.75, 3.05) is 5.32 Å². The van der Waals surface area contributed by atoms with Gasteiger partial charge in [0.2, 0.25) is 0 Å². The summed E-state index contributed by atoms with van der Waals surface area (Å²) in [4.78, 5) is 32.7. The molecule has 2 aliphatic carbocycles. The van der Waals surface area contributed by atoms with E-state index < -0.39 is 24.1 Å². The number of aryl methyl sites for hydroxylation is 2. The third-order valence-corrected chi connectivity index (χ3v) is 9.50. The van der Waals surface area contributed by atoms with E-state index in [1.807, 2.05) is 0 Å². The van der Waals surface area contributed by atoms with Crippen LogP contribution in [0.1, 0.15) is 80.0 Å². The Morgan fingerprint density at radius 1 is 1.05 bits per heavy atom. The third kappa shape index (κ3) is 5.40. The average Bonchev–Trinajstić information content (AvgIpc) is 3.47. The van der Waals surface area contributed by atoms with E-state index in [4.69, 9.17) is 28.0 Å². The minimum Gasteiger partial charge on any atom is -0.374 e. The molecule has 0 saturated heterocycles. The van der Waals surface area contributed by atoms with Gasteiger partial charge in [-0.25, -0.2) is 0 Å². The SMILES string of the molecule is Cc1cc(C2=NOC(c3cc(Cl)cc(Cl)c3)(C(F)(F)F)C2)ccc1C(=O)Nc1sc2c(c1C(=O)NC1CC1)CCCC2. The molecule has 1 unspecified atom stereocenters. The lowest BCUT2D eigenvalue weighted by Gasteiger charge is -2.29. The van der Waals surface area contributed by atoms with Gasteiger partial charge in [-0.1, -0.05) is 34.4 Å². The Hall–Kier alpha value is -3.08. The molecular weight excluding hydrogens is 610 g/mol. The minimum absolute atomic E-state index is 0.0455. The quantitative estimate of drug-likeness (QED) is 0.288. The summed E-state index contributed by atoms with van der Waals surface area (Å²) in [7, 11) is 0. The second-order valence-corrected chi connectivity index (χ2v) is 12.9. The predicted octanol–water partition coefficient (Wildman–Crippen LogP) is 7.97. The topological polar surface area (TPSA) is 79.8 Å². The maximum absolute atomic E-state index is 14.4. The fraction of sp³-hybridized carbons (Fsp3) is 0.367. The van der Waals surface area contributed by atoms with Crippen molar-refractivity contribution in [3.63, 3.8) is 0 Å². The van der Waals surface area contributed by atoms with E-state index in [1.54, 1.807) is 25.1 Å². The number of alkyl halides is 3. The molecule has 1 aromatic heterocycles. The number of rotatable bonds is 6. The van der Waals surface area contributed by atoms with E-state index in [-0.39, 0.29) is 33.3 Å². The number of carbonyl (C=O) groups is 2. The summed E-state index contributed by atoms with van der Waals surface area (Å²) in [6.07, 6.45) is 0.208. The van der Waals surface area contributed by atoms with Gasteiger partial charge in [0.05, 0.1) is 11.3 Å². The molecular formula is C30H26Cl2F3N3O3S. The number of hydrogen-bond donors (Lipinski definition) is 2. The number of halogens is 5. The van der Waals surface area contributed by atoms with Crippen LogP contribution in [-0.2, 0) is 23.3 Å². The first-order valence-electron chi connectivity index (χ1n) is 13.6. The fourth-order valence-electron chi connectivity index (χ4n) is 5.49. The average molecular weight is 637 g/mol. The van der Waals surface area contributed by atoms with Crippen LogP contribution in [0.25, 0.3) is 0 Å². The van der Waals surface area contributed by atoms with Crippen molar-refractivity contribution in [2.24, 2.45) is 5.16 Å². The Morgan fingerprint density at radius 3 is 2.43 bits per heavy atom. The highest BCUT2D eigenvalue weighted by atomic mass is 35.5. The molecule has 1 aliphatic heterocycles. The smallest absolute Gasteiger partial charge is 0.374 e. The number of anilines is 1. The van der Waals surface area contributed by atoms with Crippen molar-refractivity contribution in [1.29, 1.82) is 0 Å². The number of hydrogen-bond acceptors (Lipinski definition) is 5. The van der Waals surface area contributed by atoms with E-state index in [0.29, 0.717) is 27.3 Å². The molecule has 0 radical (unpaired) electrons. The molecule has 1 fully saturated rings. The first-order chi connectivity index (χ1) is 19.9. The van der Waals surface area contributed by atoms with Gasteiger partial charge >= 0.3 is 6.18 Å². The van der Waals surface area contributed by atoms with Crippen LogP contribution in [0.5, 0.6) is 0 Å². The zero-order valence-corrected chi connectivity index (χ0v) is 24.8. The maximum atomic E-state index is 14.4. The second-order valence-electron chi connectivity index (χ2n) is 10.9. The lowest BCUT2D eigenvalue weighted by Crippen LogP contribution is -2.42. The zero-order chi connectivity index (χ0) is 29.8. The van der Waals surface area contributed by atoms with E-state index in [9.17, 15) is 22.8 Å². The van der Waals surface area contributed by atoms with Crippen molar-refractivity contribution >= 4 is 57.1 Å². The van der Waals surface area contributed by atoms with Gasteiger partial charge in [0.1, 0.15) is 5.00 Å². The molecule has 2 amide bonds. The second kappa shape index (κ2) is 10.9. The molecule has 3 aromatic rings. The standard InChI is InChI=1S/C30H26Cl2F3N3O3S/c1-15-10-16(23-14-29(41-38-23,30(33,34)35)17-11-18(31)13-19(32)12-17)6-9-21(15)26(39)37-28-25(27(40)36-20-7-8-20)22-4-2-3-5-24(22)42-28/h6,9-13,20H,2-5,7-8,14H2,1H3,(H,36,40)(H,37,39). The molecule has 2 N–H and O–H groups in total. The van der Waals surface area contributed by atoms with Gasteiger partial charge in [-0.05, 0) is 92.5 Å². The molecule has 0 bridgehead atoms. The van der Waals surface area contributed by atoms with Crippen molar-refractivity contribution in [2.45, 2.75) is 69.7 Å². The maximum Gasteiger partial charge on any atom is 0.435 e. The molecule has 1 saturated carbocycles. The van der Waals surface area contributed by atoms with Crippen molar-refractivity contribution < 1.29 is 27.6 Å². The van der Waals surface area contributed by atoms with Gasteiger partial charge in [-0.3, -0.25) is 9.59 Å². The first-order valence-corrected chi connectivity index (χ1v) is 15.2. The zero-order valence-electron chi connectivity index (χ0n) is 22.5. The molecule has 42 heavy (non-hydrogen) atoms. The molecule has 220 valence electrons. The monoisotopic (exact) mass is 635 g/mol. The summed E-state index contributed by atoms with van der Waals surface area (Å²) in [5.74, 6) is -0.561. The van der Waals surface area contributed by atoms with Gasteiger partial charge in [0.15, 0.2) is 0 Å². The number of benzene rings is 2. The number of thiophene rings is 1. The lowest BCUT2D eigenvalue weighted by atomic mass is 9.86. The molecule has 3 aliphatic rings. The van der Waals surface area contributed by atoms with Crippen LogP contribution in [-0.4, -0.2) is 29.7 Å². The summed E-state index contributed by atoms with van der Waals surface area (Å²) in [6, 6.07) is 8.55.